The summed E-state index contributed by atoms with van der Waals surface area (Å²) in [5.41, 5.74) is 1.70. The van der Waals surface area contributed by atoms with E-state index in [-0.39, 0.29) is 12.0 Å². The van der Waals surface area contributed by atoms with Crippen LogP contribution in [0.25, 0.3) is 0 Å². The first-order valence-corrected chi connectivity index (χ1v) is 12.2. The first-order chi connectivity index (χ1) is 15.4. The van der Waals surface area contributed by atoms with Gasteiger partial charge in [0.05, 0.1) is 36.6 Å². The summed E-state index contributed by atoms with van der Waals surface area (Å²) in [5.74, 6) is 1.40. The number of carbonyl (C=O) groups excluding carboxylic acids is 2. The number of nitrogens with zero attached hydrogens (tertiary/aromatic N) is 2. The first-order valence-electron chi connectivity index (χ1n) is 11.2. The molecule has 32 heavy (non-hydrogen) atoms. The van der Waals surface area contributed by atoms with Crippen molar-refractivity contribution >= 4 is 28.8 Å². The summed E-state index contributed by atoms with van der Waals surface area (Å²) in [5, 5.41) is 0.617. The fourth-order valence-electron chi connectivity index (χ4n) is 3.66. The number of allylic oxidation sites excluding steroid dienone is 1. The van der Waals surface area contributed by atoms with Crippen molar-refractivity contribution in [2.75, 3.05) is 19.0 Å². The molecule has 8 heteroatoms. The zero-order chi connectivity index (χ0) is 23.3. The highest BCUT2D eigenvalue weighted by atomic mass is 32.2. The fourth-order valence-corrected chi connectivity index (χ4v) is 4.67. The van der Waals surface area contributed by atoms with Crippen molar-refractivity contribution in [1.82, 2.24) is 4.90 Å². The number of amidine groups is 1. The fraction of sp³-hybridized carbons (Fsp3) is 0.542. The topological polar surface area (TPSA) is 77.4 Å². The van der Waals surface area contributed by atoms with Crippen molar-refractivity contribution in [3.63, 3.8) is 0 Å². The number of carbonyl (C=O) groups is 2. The van der Waals surface area contributed by atoms with Crippen LogP contribution in [0.2, 0.25) is 0 Å². The summed E-state index contributed by atoms with van der Waals surface area (Å²) in [7, 11) is 0. The Morgan fingerprint density at radius 2 is 2.03 bits per heavy atom. The average molecular weight is 461 g/mol. The largest absolute Gasteiger partial charge is 0.490 e. The molecule has 1 amide bonds. The number of hydrogen-bond acceptors (Lipinski definition) is 7. The zero-order valence-corrected chi connectivity index (χ0v) is 20.3. The lowest BCUT2D eigenvalue weighted by atomic mass is 9.93. The van der Waals surface area contributed by atoms with Gasteiger partial charge in [0.1, 0.15) is 0 Å². The summed E-state index contributed by atoms with van der Waals surface area (Å²) in [6.07, 6.45) is 2.09. The minimum Gasteiger partial charge on any atom is -0.490 e. The second-order valence-electron chi connectivity index (χ2n) is 7.95. The van der Waals surface area contributed by atoms with Crippen LogP contribution in [-0.4, -0.2) is 47.0 Å². The average Bonchev–Trinajstić information content (AvgIpc) is 2.73. The van der Waals surface area contributed by atoms with E-state index in [0.717, 1.165) is 18.4 Å². The number of thioether (sulfide) groups is 1. The molecule has 2 heterocycles. The summed E-state index contributed by atoms with van der Waals surface area (Å²) in [4.78, 5) is 32.2. The van der Waals surface area contributed by atoms with Crippen molar-refractivity contribution in [3.8, 4) is 11.5 Å². The van der Waals surface area contributed by atoms with Gasteiger partial charge in [0.2, 0.25) is 5.91 Å². The Kier molecular flexibility index (Phi) is 8.23. The van der Waals surface area contributed by atoms with E-state index in [9.17, 15) is 9.59 Å². The quantitative estimate of drug-likeness (QED) is 0.387. The number of ether oxygens (including phenoxy) is 3. The smallest absolute Gasteiger partial charge is 0.338 e. The third-order valence-electron chi connectivity index (χ3n) is 5.11. The van der Waals surface area contributed by atoms with Crippen LogP contribution in [0.3, 0.4) is 0 Å². The van der Waals surface area contributed by atoms with Crippen LogP contribution in [-0.2, 0) is 14.3 Å². The minimum atomic E-state index is -0.627. The van der Waals surface area contributed by atoms with Crippen LogP contribution in [0.15, 0.2) is 34.5 Å². The molecule has 1 aromatic rings. The van der Waals surface area contributed by atoms with Gasteiger partial charge in [-0.1, -0.05) is 31.2 Å². The molecule has 0 radical (unpaired) electrons. The van der Waals surface area contributed by atoms with E-state index in [2.05, 4.69) is 11.9 Å². The van der Waals surface area contributed by atoms with Crippen LogP contribution in [0.5, 0.6) is 11.5 Å². The molecule has 0 aliphatic carbocycles. The Hall–Kier alpha value is -2.48. The monoisotopic (exact) mass is 460 g/mol. The van der Waals surface area contributed by atoms with Crippen LogP contribution in [0.1, 0.15) is 65.5 Å². The van der Waals surface area contributed by atoms with Crippen LogP contribution < -0.4 is 9.47 Å². The lowest BCUT2D eigenvalue weighted by molar-refractivity contribution is -0.143. The molecule has 1 atom stereocenters. The van der Waals surface area contributed by atoms with Crippen LogP contribution >= 0.6 is 11.8 Å². The number of aliphatic imine (C=N–C) groups is 1. The molecule has 174 valence electrons. The van der Waals surface area contributed by atoms with Crippen molar-refractivity contribution < 1.29 is 23.8 Å². The highest BCUT2D eigenvalue weighted by Gasteiger charge is 2.42. The van der Waals surface area contributed by atoms with Crippen molar-refractivity contribution in [2.24, 2.45) is 4.99 Å². The minimum absolute atomic E-state index is 0.0592. The van der Waals surface area contributed by atoms with Crippen LogP contribution in [0, 0.1) is 0 Å². The summed E-state index contributed by atoms with van der Waals surface area (Å²) < 4.78 is 17.3. The van der Waals surface area contributed by atoms with E-state index in [4.69, 9.17) is 14.2 Å². The van der Waals surface area contributed by atoms with Gasteiger partial charge >= 0.3 is 5.97 Å². The van der Waals surface area contributed by atoms with Crippen molar-refractivity contribution in [3.05, 3.63) is 35.0 Å². The standard InChI is InChI=1S/C24H32N2O5S/c1-6-8-12-30-18-10-9-17(14-19(18)29-7-2)22-21(23(28)31-15(3)4)16(5)25-24-26(22)20(27)11-13-32-24/h9-10,14-15,22H,6-8,11-13H2,1-5H3/t22-/m1/s1. The van der Waals surface area contributed by atoms with Gasteiger partial charge < -0.3 is 14.2 Å². The highest BCUT2D eigenvalue weighted by Crippen LogP contribution is 2.42. The molecule has 1 aromatic carbocycles. The maximum atomic E-state index is 13.1. The number of amides is 1. The summed E-state index contributed by atoms with van der Waals surface area (Å²) >= 11 is 1.52. The molecule has 2 aliphatic heterocycles. The van der Waals surface area contributed by atoms with Gasteiger partial charge in [-0.3, -0.25) is 9.69 Å². The van der Waals surface area contributed by atoms with Gasteiger partial charge in [0.15, 0.2) is 16.7 Å². The predicted molar refractivity (Wildman–Crippen MR) is 126 cm³/mol. The Bertz CT molecular complexity index is 925. The lowest BCUT2D eigenvalue weighted by Gasteiger charge is -2.39. The zero-order valence-electron chi connectivity index (χ0n) is 19.5. The van der Waals surface area contributed by atoms with E-state index in [1.807, 2.05) is 25.1 Å². The van der Waals surface area contributed by atoms with Crippen molar-refractivity contribution in [1.29, 1.82) is 0 Å². The molecule has 0 aromatic heterocycles. The maximum Gasteiger partial charge on any atom is 0.338 e. The molecular formula is C24H32N2O5S. The predicted octanol–water partition coefficient (Wildman–Crippen LogP) is 4.87. The van der Waals surface area contributed by atoms with E-state index in [1.165, 1.54) is 11.8 Å². The summed E-state index contributed by atoms with van der Waals surface area (Å²) in [6.45, 7) is 10.5. The number of benzene rings is 1. The molecule has 0 bridgehead atoms. The highest BCUT2D eigenvalue weighted by molar-refractivity contribution is 8.14. The van der Waals surface area contributed by atoms with E-state index in [1.54, 1.807) is 25.7 Å². The molecule has 2 aliphatic rings. The van der Waals surface area contributed by atoms with E-state index in [0.29, 0.717) is 53.3 Å². The Balaban J connectivity index is 2.08. The SMILES string of the molecule is CCCCOc1ccc([C@@H]2C(C(=O)OC(C)C)=C(C)N=C3SCCC(=O)N32)cc1OCC. The van der Waals surface area contributed by atoms with Gasteiger partial charge in [0, 0.05) is 12.2 Å². The van der Waals surface area contributed by atoms with E-state index >= 15 is 0 Å². The molecule has 0 spiro atoms. The molecular weight excluding hydrogens is 428 g/mol. The summed E-state index contributed by atoms with van der Waals surface area (Å²) in [6, 6.07) is 4.97. The Morgan fingerprint density at radius 1 is 1.25 bits per heavy atom. The van der Waals surface area contributed by atoms with Gasteiger partial charge in [0.25, 0.3) is 0 Å². The molecule has 1 fully saturated rings. The van der Waals surface area contributed by atoms with Gasteiger partial charge in [-0.25, -0.2) is 9.79 Å². The normalized spacial score (nSPS) is 18.4. The lowest BCUT2D eigenvalue weighted by Crippen LogP contribution is -2.46. The molecule has 0 N–H and O–H groups in total. The molecule has 0 saturated carbocycles. The maximum absolute atomic E-state index is 13.1. The number of rotatable bonds is 9. The number of unbranched alkanes of at least 4 members (excludes halogenated alkanes) is 1. The van der Waals surface area contributed by atoms with Crippen molar-refractivity contribution in [2.45, 2.75) is 66.0 Å². The third-order valence-corrected chi connectivity index (χ3v) is 6.06. The van der Waals surface area contributed by atoms with Gasteiger partial charge in [-0.2, -0.15) is 0 Å². The Morgan fingerprint density at radius 3 is 2.72 bits per heavy atom. The van der Waals surface area contributed by atoms with Gasteiger partial charge in [-0.15, -0.1) is 0 Å². The molecule has 1 saturated heterocycles. The molecule has 0 unspecified atom stereocenters. The second-order valence-corrected chi connectivity index (χ2v) is 9.02. The number of esters is 1. The number of fused-ring (bicyclic) bond motifs is 1. The molecule has 7 nitrogen and oxygen atoms in total. The van der Waals surface area contributed by atoms with Gasteiger partial charge in [-0.05, 0) is 51.8 Å². The third kappa shape index (κ3) is 5.28. The Labute approximate surface area is 194 Å². The molecule has 3 rings (SSSR count). The number of hydrogen-bond donors (Lipinski definition) is 0. The van der Waals surface area contributed by atoms with Crippen LogP contribution in [0.4, 0.5) is 0 Å². The van der Waals surface area contributed by atoms with E-state index < -0.39 is 12.0 Å². The first kappa shape index (κ1) is 24.2. The second kappa shape index (κ2) is 10.9.